The Bertz CT molecular complexity index is 486. The molecule has 0 aliphatic heterocycles. The van der Waals surface area contributed by atoms with Gasteiger partial charge in [-0.1, -0.05) is 6.07 Å². The zero-order chi connectivity index (χ0) is 13.9. The zero-order valence-corrected chi connectivity index (χ0v) is 8.56. The molecule has 9 heteroatoms. The Morgan fingerprint density at radius 2 is 2.00 bits per heavy atom. The minimum Gasteiger partial charge on any atom is -0.545 e. The molecule has 18 heavy (non-hydrogen) atoms. The number of carboxylic acids is 1. The van der Waals surface area contributed by atoms with Gasteiger partial charge in [0.05, 0.1) is 23.1 Å². The predicted octanol–water partition coefficient (Wildman–Crippen LogP) is 0.995. The van der Waals surface area contributed by atoms with Gasteiger partial charge in [-0.3, -0.25) is 14.9 Å². The number of aromatic carboxylic acids is 1. The van der Waals surface area contributed by atoms with Gasteiger partial charge >= 0.3 is 6.36 Å². The number of carbonyl (C=O) groups is 1. The van der Waals surface area contributed by atoms with Crippen molar-refractivity contribution in [3.63, 3.8) is 0 Å². The van der Waals surface area contributed by atoms with Crippen LogP contribution in [-0.4, -0.2) is 17.3 Å². The number of ether oxygens (including phenoxy) is 1. The quantitative estimate of drug-likeness (QED) is 0.597. The minimum atomic E-state index is -4.87. The van der Waals surface area contributed by atoms with Gasteiger partial charge < -0.3 is 9.90 Å². The predicted molar refractivity (Wildman–Crippen MR) is 48.3 cm³/mol. The van der Waals surface area contributed by atoms with Gasteiger partial charge in [0.15, 0.2) is 0 Å². The van der Waals surface area contributed by atoms with Crippen molar-refractivity contribution in [2.24, 2.45) is 0 Å². The lowest BCUT2D eigenvalue weighted by Gasteiger charge is -2.09. The summed E-state index contributed by atoms with van der Waals surface area (Å²) >= 11 is 0. The summed E-state index contributed by atoms with van der Waals surface area (Å²) in [4.78, 5) is 20.0. The monoisotopic (exact) mass is 264 g/mol. The van der Waals surface area contributed by atoms with E-state index in [4.69, 9.17) is 0 Å². The van der Waals surface area contributed by atoms with Crippen molar-refractivity contribution in [3.8, 4) is 0 Å². The lowest BCUT2D eigenvalue weighted by atomic mass is 10.1. The summed E-state index contributed by atoms with van der Waals surface area (Å²) < 4.78 is 38.7. The van der Waals surface area contributed by atoms with E-state index in [1.54, 1.807) is 0 Å². The van der Waals surface area contributed by atoms with Crippen LogP contribution in [0.3, 0.4) is 0 Å². The lowest BCUT2D eigenvalue weighted by Crippen LogP contribution is -2.23. The Morgan fingerprint density at radius 1 is 1.39 bits per heavy atom. The number of halogens is 3. The van der Waals surface area contributed by atoms with E-state index in [2.05, 4.69) is 4.74 Å². The zero-order valence-electron chi connectivity index (χ0n) is 8.56. The Balaban J connectivity index is 3.01. The van der Waals surface area contributed by atoms with Gasteiger partial charge in [-0.25, -0.2) is 0 Å². The average Bonchev–Trinajstić information content (AvgIpc) is 2.24. The molecule has 0 bridgehead atoms. The summed E-state index contributed by atoms with van der Waals surface area (Å²) in [7, 11) is 0. The van der Waals surface area contributed by atoms with E-state index in [0.717, 1.165) is 12.1 Å². The van der Waals surface area contributed by atoms with Crippen molar-refractivity contribution in [1.29, 1.82) is 0 Å². The minimum absolute atomic E-state index is 0.177. The van der Waals surface area contributed by atoms with E-state index in [-0.39, 0.29) is 5.56 Å². The molecule has 0 aliphatic carbocycles. The second-order valence-electron chi connectivity index (χ2n) is 3.13. The van der Waals surface area contributed by atoms with Crippen LogP contribution in [0, 0.1) is 10.1 Å². The molecule has 0 fully saturated rings. The number of benzene rings is 1. The second kappa shape index (κ2) is 5.00. The standard InChI is InChI=1S/C9H6F3NO5/c10-9(11,12)18-4-5-1-2-6(8(14)15)7(3-5)13(16)17/h1-3H,4H2,(H,14,15)/p-1. The Hall–Kier alpha value is -2.16. The number of carbonyl (C=O) groups excluding carboxylic acids is 1. The third-order valence-corrected chi connectivity index (χ3v) is 1.88. The maximum atomic E-state index is 11.7. The van der Waals surface area contributed by atoms with Crippen LogP contribution in [0.1, 0.15) is 15.9 Å². The van der Waals surface area contributed by atoms with Crippen molar-refractivity contribution in [2.75, 3.05) is 0 Å². The number of nitrogens with zero attached hydrogens (tertiary/aromatic N) is 1. The Morgan fingerprint density at radius 3 is 2.44 bits per heavy atom. The first-order valence-corrected chi connectivity index (χ1v) is 4.40. The second-order valence-corrected chi connectivity index (χ2v) is 3.13. The molecule has 0 unspecified atom stereocenters. The van der Waals surface area contributed by atoms with Gasteiger partial charge in [-0.2, -0.15) is 0 Å². The third kappa shape index (κ3) is 3.70. The smallest absolute Gasteiger partial charge is 0.522 e. The SMILES string of the molecule is O=C([O-])c1ccc(COC(F)(F)F)cc1[N+](=O)[O-]. The number of nitro groups is 1. The molecule has 0 N–H and O–H groups in total. The molecule has 0 aromatic heterocycles. The fourth-order valence-electron chi connectivity index (χ4n) is 1.16. The first-order chi connectivity index (χ1) is 8.20. The highest BCUT2D eigenvalue weighted by Crippen LogP contribution is 2.23. The van der Waals surface area contributed by atoms with Gasteiger partial charge in [-0.05, 0) is 11.6 Å². The molecule has 0 heterocycles. The first-order valence-electron chi connectivity index (χ1n) is 4.40. The highest BCUT2D eigenvalue weighted by atomic mass is 19.4. The molecule has 1 aromatic rings. The van der Waals surface area contributed by atoms with Crippen LogP contribution in [0.2, 0.25) is 0 Å². The summed E-state index contributed by atoms with van der Waals surface area (Å²) in [6.07, 6.45) is -4.87. The van der Waals surface area contributed by atoms with E-state index in [1.807, 2.05) is 0 Å². The van der Waals surface area contributed by atoms with Crippen LogP contribution in [-0.2, 0) is 11.3 Å². The molecule has 0 spiro atoms. The van der Waals surface area contributed by atoms with Crippen LogP contribution in [0.4, 0.5) is 18.9 Å². The summed E-state index contributed by atoms with van der Waals surface area (Å²) in [6.45, 7) is -0.947. The van der Waals surface area contributed by atoms with Crippen LogP contribution in [0.5, 0.6) is 0 Å². The van der Waals surface area contributed by atoms with Crippen molar-refractivity contribution in [2.45, 2.75) is 13.0 Å². The Kier molecular flexibility index (Phi) is 3.86. The van der Waals surface area contributed by atoms with Gasteiger partial charge in [-0.15, -0.1) is 13.2 Å². The van der Waals surface area contributed by atoms with E-state index >= 15 is 0 Å². The van der Waals surface area contributed by atoms with Crippen LogP contribution in [0.25, 0.3) is 0 Å². The number of hydrogen-bond acceptors (Lipinski definition) is 5. The van der Waals surface area contributed by atoms with Crippen molar-refractivity contribution < 1.29 is 32.7 Å². The van der Waals surface area contributed by atoms with E-state index in [9.17, 15) is 33.2 Å². The average molecular weight is 264 g/mol. The van der Waals surface area contributed by atoms with E-state index < -0.39 is 35.1 Å². The molecule has 0 saturated heterocycles. The maximum absolute atomic E-state index is 11.7. The molecule has 0 radical (unpaired) electrons. The molecule has 0 atom stereocenters. The van der Waals surface area contributed by atoms with Crippen molar-refractivity contribution in [3.05, 3.63) is 39.4 Å². The summed E-state index contributed by atoms with van der Waals surface area (Å²) in [6, 6.07) is 2.46. The lowest BCUT2D eigenvalue weighted by molar-refractivity contribution is -0.386. The van der Waals surface area contributed by atoms with Gasteiger partial charge in [0.2, 0.25) is 0 Å². The normalized spacial score (nSPS) is 11.3. The summed E-state index contributed by atoms with van der Waals surface area (Å²) in [5.41, 5.74) is -1.74. The number of alkyl halides is 3. The molecule has 1 aromatic carbocycles. The van der Waals surface area contributed by atoms with Crippen LogP contribution >= 0.6 is 0 Å². The van der Waals surface area contributed by atoms with Crippen molar-refractivity contribution >= 4 is 11.7 Å². The third-order valence-electron chi connectivity index (χ3n) is 1.88. The molecule has 98 valence electrons. The van der Waals surface area contributed by atoms with Crippen LogP contribution in [0.15, 0.2) is 18.2 Å². The van der Waals surface area contributed by atoms with Gasteiger partial charge in [0.1, 0.15) is 0 Å². The molecule has 0 aliphatic rings. The molecular formula is C9H5F3NO5-. The van der Waals surface area contributed by atoms with Crippen molar-refractivity contribution in [1.82, 2.24) is 0 Å². The molecule has 6 nitrogen and oxygen atoms in total. The first kappa shape index (κ1) is 13.9. The number of hydrogen-bond donors (Lipinski definition) is 0. The number of nitro benzene ring substituents is 1. The molecular weight excluding hydrogens is 259 g/mol. The van der Waals surface area contributed by atoms with Gasteiger partial charge in [0, 0.05) is 6.07 Å². The van der Waals surface area contributed by atoms with Crippen LogP contribution < -0.4 is 5.11 Å². The maximum Gasteiger partial charge on any atom is 0.522 e. The summed E-state index contributed by atoms with van der Waals surface area (Å²) in [5.74, 6) is -1.79. The molecule has 0 amide bonds. The fourth-order valence-corrected chi connectivity index (χ4v) is 1.16. The largest absolute Gasteiger partial charge is 0.545 e. The Labute approximate surface area is 97.7 Å². The highest BCUT2D eigenvalue weighted by Gasteiger charge is 2.29. The van der Waals surface area contributed by atoms with E-state index in [1.165, 1.54) is 0 Å². The van der Waals surface area contributed by atoms with E-state index in [0.29, 0.717) is 6.07 Å². The molecule has 0 saturated carbocycles. The highest BCUT2D eigenvalue weighted by molar-refractivity contribution is 5.90. The molecule has 1 rings (SSSR count). The van der Waals surface area contributed by atoms with Gasteiger partial charge in [0.25, 0.3) is 5.69 Å². The number of rotatable bonds is 4. The summed E-state index contributed by atoms with van der Waals surface area (Å²) in [5, 5.41) is 21.1. The fraction of sp³-hybridized carbons (Fsp3) is 0.222. The topological polar surface area (TPSA) is 92.5 Å². The number of carboxylic acid groups (broad SMARTS) is 1.